The van der Waals surface area contributed by atoms with E-state index in [1.165, 1.54) is 0 Å². The van der Waals surface area contributed by atoms with E-state index in [4.69, 9.17) is 13.9 Å². The van der Waals surface area contributed by atoms with Gasteiger partial charge in [0.15, 0.2) is 11.5 Å². The summed E-state index contributed by atoms with van der Waals surface area (Å²) in [6.45, 7) is 5.67. The number of hydrogen-bond acceptors (Lipinski definition) is 4. The summed E-state index contributed by atoms with van der Waals surface area (Å²) >= 11 is 0. The lowest BCUT2D eigenvalue weighted by Gasteiger charge is -2.24. The minimum Gasteiger partial charge on any atom is -0.493 e. The van der Waals surface area contributed by atoms with Crippen LogP contribution in [0.2, 0.25) is 0 Å². The molecule has 5 nitrogen and oxygen atoms in total. The summed E-state index contributed by atoms with van der Waals surface area (Å²) in [5.41, 5.74) is 1.39. The molecule has 1 heterocycles. The molecule has 2 aromatic rings. The molecule has 0 N–H and O–H groups in total. The van der Waals surface area contributed by atoms with Crippen LogP contribution in [0.25, 0.3) is 0 Å². The van der Waals surface area contributed by atoms with Gasteiger partial charge in [0.2, 0.25) is 0 Å². The van der Waals surface area contributed by atoms with E-state index in [-0.39, 0.29) is 11.9 Å². The van der Waals surface area contributed by atoms with Crippen LogP contribution in [0.5, 0.6) is 11.5 Å². The molecular weight excluding hydrogens is 306 g/mol. The number of nitrogens with zero attached hydrogens (tertiary/aromatic N) is 1. The SMILES string of the molecule is C=CCc1cc(C(=O)N(C)C(C)c2ccco2)cc(OC)c1OC. The summed E-state index contributed by atoms with van der Waals surface area (Å²) in [6, 6.07) is 6.99. The molecule has 0 aliphatic heterocycles. The minimum atomic E-state index is -0.177. The Balaban J connectivity index is 2.37. The maximum atomic E-state index is 12.9. The van der Waals surface area contributed by atoms with Crippen LogP contribution in [0, 0.1) is 0 Å². The molecule has 2 rings (SSSR count). The van der Waals surface area contributed by atoms with Crippen LogP contribution in [0.4, 0.5) is 0 Å². The van der Waals surface area contributed by atoms with Crippen molar-refractivity contribution < 1.29 is 18.7 Å². The standard InChI is InChI=1S/C19H23NO4/c1-6-8-14-11-15(12-17(22-4)18(14)23-5)19(21)20(3)13(2)16-9-7-10-24-16/h6-7,9-13H,1,8H2,2-5H3. The predicted molar refractivity (Wildman–Crippen MR) is 92.7 cm³/mol. The summed E-state index contributed by atoms with van der Waals surface area (Å²) in [6.07, 6.45) is 3.95. The van der Waals surface area contributed by atoms with Crippen molar-refractivity contribution in [2.24, 2.45) is 0 Å². The number of allylic oxidation sites excluding steroid dienone is 1. The smallest absolute Gasteiger partial charge is 0.254 e. The van der Waals surface area contributed by atoms with E-state index in [9.17, 15) is 4.79 Å². The van der Waals surface area contributed by atoms with E-state index < -0.39 is 0 Å². The van der Waals surface area contributed by atoms with Gasteiger partial charge in [-0.2, -0.15) is 0 Å². The highest BCUT2D eigenvalue weighted by molar-refractivity contribution is 5.95. The average molecular weight is 329 g/mol. The molecule has 1 atom stereocenters. The van der Waals surface area contributed by atoms with E-state index >= 15 is 0 Å². The molecule has 0 aliphatic rings. The van der Waals surface area contributed by atoms with E-state index in [0.717, 1.165) is 11.3 Å². The fraction of sp³-hybridized carbons (Fsp3) is 0.316. The van der Waals surface area contributed by atoms with Gasteiger partial charge in [-0.25, -0.2) is 0 Å². The van der Waals surface area contributed by atoms with Crippen molar-refractivity contribution in [2.45, 2.75) is 19.4 Å². The Hall–Kier alpha value is -2.69. The zero-order valence-electron chi connectivity index (χ0n) is 14.5. The Morgan fingerprint density at radius 2 is 2.12 bits per heavy atom. The van der Waals surface area contributed by atoms with Gasteiger partial charge in [0.1, 0.15) is 5.76 Å². The molecule has 1 aromatic carbocycles. The van der Waals surface area contributed by atoms with Crippen molar-refractivity contribution in [2.75, 3.05) is 21.3 Å². The molecular formula is C19H23NO4. The molecule has 0 bridgehead atoms. The highest BCUT2D eigenvalue weighted by atomic mass is 16.5. The van der Waals surface area contributed by atoms with Crippen molar-refractivity contribution in [3.05, 3.63) is 60.1 Å². The molecule has 24 heavy (non-hydrogen) atoms. The number of furan rings is 1. The van der Waals surface area contributed by atoms with Gasteiger partial charge in [0.05, 0.1) is 26.5 Å². The van der Waals surface area contributed by atoms with Gasteiger partial charge >= 0.3 is 0 Å². The quantitative estimate of drug-likeness (QED) is 0.724. The molecule has 0 aliphatic carbocycles. The van der Waals surface area contributed by atoms with E-state index in [1.807, 2.05) is 25.1 Å². The third-order valence-corrected chi connectivity index (χ3v) is 4.02. The molecule has 5 heteroatoms. The number of rotatable bonds is 7. The van der Waals surface area contributed by atoms with Gasteiger partial charge in [-0.1, -0.05) is 6.08 Å². The zero-order valence-corrected chi connectivity index (χ0v) is 14.5. The fourth-order valence-electron chi connectivity index (χ4n) is 2.57. The van der Waals surface area contributed by atoms with Gasteiger partial charge < -0.3 is 18.8 Å². The number of carbonyl (C=O) groups excluding carboxylic acids is 1. The van der Waals surface area contributed by atoms with Gasteiger partial charge in [0.25, 0.3) is 5.91 Å². The summed E-state index contributed by atoms with van der Waals surface area (Å²) in [7, 11) is 4.88. The predicted octanol–water partition coefficient (Wildman–Crippen LogP) is 3.86. The lowest BCUT2D eigenvalue weighted by molar-refractivity contribution is 0.0725. The van der Waals surface area contributed by atoms with Crippen LogP contribution in [0.15, 0.2) is 47.6 Å². The summed E-state index contributed by atoms with van der Waals surface area (Å²) in [5.74, 6) is 1.76. The highest BCUT2D eigenvalue weighted by Crippen LogP contribution is 2.34. The second kappa shape index (κ2) is 7.73. The van der Waals surface area contributed by atoms with Crippen LogP contribution in [-0.4, -0.2) is 32.1 Å². The third-order valence-electron chi connectivity index (χ3n) is 4.02. The first-order chi connectivity index (χ1) is 11.5. The summed E-state index contributed by atoms with van der Waals surface area (Å²) in [5, 5.41) is 0. The maximum absolute atomic E-state index is 12.9. The number of methoxy groups -OCH3 is 2. The first-order valence-electron chi connectivity index (χ1n) is 7.69. The normalized spacial score (nSPS) is 11.7. The van der Waals surface area contributed by atoms with Crippen LogP contribution in [0.1, 0.15) is 34.6 Å². The van der Waals surface area contributed by atoms with Gasteiger partial charge in [-0.15, -0.1) is 6.58 Å². The topological polar surface area (TPSA) is 51.9 Å². The average Bonchev–Trinajstić information content (AvgIpc) is 3.13. The molecule has 1 amide bonds. The number of benzene rings is 1. The van der Waals surface area contributed by atoms with Crippen molar-refractivity contribution >= 4 is 5.91 Å². The van der Waals surface area contributed by atoms with E-state index in [1.54, 1.807) is 44.6 Å². The number of carbonyl (C=O) groups is 1. The Bertz CT molecular complexity index is 706. The minimum absolute atomic E-state index is 0.120. The van der Waals surface area contributed by atoms with Gasteiger partial charge in [-0.05, 0) is 37.6 Å². The van der Waals surface area contributed by atoms with Crippen LogP contribution < -0.4 is 9.47 Å². The lowest BCUT2D eigenvalue weighted by Crippen LogP contribution is -2.29. The van der Waals surface area contributed by atoms with Crippen molar-refractivity contribution in [3.8, 4) is 11.5 Å². The molecule has 0 saturated carbocycles. The molecule has 0 fully saturated rings. The highest BCUT2D eigenvalue weighted by Gasteiger charge is 2.23. The molecule has 0 spiro atoms. The second-order valence-electron chi connectivity index (χ2n) is 5.47. The van der Waals surface area contributed by atoms with Crippen LogP contribution >= 0.6 is 0 Å². The van der Waals surface area contributed by atoms with E-state index in [2.05, 4.69) is 6.58 Å². The van der Waals surface area contributed by atoms with Crippen LogP contribution in [-0.2, 0) is 6.42 Å². The Labute approximate surface area is 142 Å². The van der Waals surface area contributed by atoms with Crippen LogP contribution in [0.3, 0.4) is 0 Å². The second-order valence-corrected chi connectivity index (χ2v) is 5.47. The van der Waals surface area contributed by atoms with Gasteiger partial charge in [0, 0.05) is 18.2 Å². The molecule has 0 radical (unpaired) electrons. The zero-order chi connectivity index (χ0) is 17.7. The molecule has 128 valence electrons. The lowest BCUT2D eigenvalue weighted by atomic mass is 10.0. The monoisotopic (exact) mass is 329 g/mol. The number of hydrogen-bond donors (Lipinski definition) is 0. The largest absolute Gasteiger partial charge is 0.493 e. The first kappa shape index (κ1) is 17.7. The Kier molecular flexibility index (Phi) is 5.68. The van der Waals surface area contributed by atoms with Crippen molar-refractivity contribution in [3.63, 3.8) is 0 Å². The summed E-state index contributed by atoms with van der Waals surface area (Å²) < 4.78 is 16.2. The van der Waals surface area contributed by atoms with Gasteiger partial charge in [-0.3, -0.25) is 4.79 Å². The molecule has 1 aromatic heterocycles. The number of amides is 1. The fourth-order valence-corrected chi connectivity index (χ4v) is 2.57. The van der Waals surface area contributed by atoms with E-state index in [0.29, 0.717) is 23.5 Å². The van der Waals surface area contributed by atoms with Crippen molar-refractivity contribution in [1.82, 2.24) is 4.90 Å². The number of ether oxygens (including phenoxy) is 2. The molecule has 0 saturated heterocycles. The Morgan fingerprint density at radius 3 is 2.67 bits per heavy atom. The van der Waals surface area contributed by atoms with Crippen molar-refractivity contribution in [1.29, 1.82) is 0 Å². The third kappa shape index (κ3) is 3.45. The Morgan fingerprint density at radius 1 is 1.38 bits per heavy atom. The maximum Gasteiger partial charge on any atom is 0.254 e. The first-order valence-corrected chi connectivity index (χ1v) is 7.69. The summed E-state index contributed by atoms with van der Waals surface area (Å²) in [4.78, 5) is 14.5. The molecule has 1 unspecified atom stereocenters.